The van der Waals surface area contributed by atoms with Crippen molar-refractivity contribution in [2.75, 3.05) is 75.8 Å². The highest BCUT2D eigenvalue weighted by Gasteiger charge is 2.26. The Hall–Kier alpha value is -3.50. The fourth-order valence-corrected chi connectivity index (χ4v) is 6.29. The SMILES string of the molecule is C#CCOc1cc(-n2nc(C(C)(C)C)oc2=O)c(Cl)cc1Cl.C=CCN(CC=C)C(=O)C(Cl)Cl.CCc1cccc(C)c1N(C(=O)CCl)C(C)COC.C[S+](C)C.O=C(O)CNCP(=O)([O-])O. The minimum absolute atomic E-state index is 0.0223. The van der Waals surface area contributed by atoms with E-state index >= 15 is 0 Å². The van der Waals surface area contributed by atoms with Gasteiger partial charge >= 0.3 is 11.7 Å². The average molecular weight is 1080 g/mol. The standard InChI is InChI=1S/C15H14Cl2N2O3.C15H22ClNO2.C8H11Cl2NO.C3H8NO5P.C3H9S/c1-5-6-21-12-8-11(9(16)7-10(12)17)19-14(20)22-13(18-19)15(2,3)4;1-5-13-8-6-7-11(2)15(13)17(14(18)9-16)12(3)10-19-4;1-3-5-11(6-4-2)8(12)7(9)10;5-3(6)1-4-2-10(7,8)9;1-4(2)3/h1,7-8H,6H2,2-4H3;6-8,12H,5,9-10H2,1-4H3;3-4,7H,1-2,5-6H2;4H,1-2H2,(H,5,6)(H2,7,8,9);1-3H3/q;;;;+1/p-1. The number of ether oxygens (including phenoxy) is 2. The van der Waals surface area contributed by atoms with Crippen LogP contribution in [0, 0.1) is 19.3 Å². The van der Waals surface area contributed by atoms with Crippen LogP contribution in [0.3, 0.4) is 0 Å². The lowest BCUT2D eigenvalue weighted by molar-refractivity contribution is -0.193. The molecule has 3 N–H and O–H groups in total. The number of benzene rings is 2. The number of methoxy groups -OCH3 is 1. The first-order valence-electron chi connectivity index (χ1n) is 19.9. The number of aryl methyl sites for hydroxylation is 2. The van der Waals surface area contributed by atoms with Crippen LogP contribution in [-0.4, -0.2) is 124 Å². The minimum atomic E-state index is -4.35. The molecule has 3 aromatic rings. The highest BCUT2D eigenvalue weighted by Crippen LogP contribution is 2.33. The molecule has 67 heavy (non-hydrogen) atoms. The van der Waals surface area contributed by atoms with Gasteiger partial charge in [0.05, 0.1) is 65.7 Å². The summed E-state index contributed by atoms with van der Waals surface area (Å²) in [4.78, 5) is 65.4. The van der Waals surface area contributed by atoms with Gasteiger partial charge in [0.25, 0.3) is 5.91 Å². The zero-order valence-electron chi connectivity index (χ0n) is 39.4. The van der Waals surface area contributed by atoms with Crippen molar-refractivity contribution in [1.82, 2.24) is 20.0 Å². The summed E-state index contributed by atoms with van der Waals surface area (Å²) in [6.07, 6.45) is 15.1. The van der Waals surface area contributed by atoms with Crippen molar-refractivity contribution in [3.63, 3.8) is 0 Å². The lowest BCUT2D eigenvalue weighted by atomic mass is 9.97. The largest absolute Gasteiger partial charge is 0.778 e. The van der Waals surface area contributed by atoms with Crippen LogP contribution in [0.1, 0.15) is 51.6 Å². The van der Waals surface area contributed by atoms with E-state index in [0.717, 1.165) is 27.9 Å². The second-order valence-corrected chi connectivity index (χ2v) is 21.4. The molecule has 2 aromatic carbocycles. The molecule has 0 saturated carbocycles. The topological polar surface area (TPSA) is 217 Å². The Morgan fingerprint density at radius 3 is 2.12 bits per heavy atom. The number of aliphatic carboxylic acids is 1. The number of nitrogens with zero attached hydrogens (tertiary/aromatic N) is 4. The molecule has 0 aliphatic carbocycles. The Morgan fingerprint density at radius 2 is 1.70 bits per heavy atom. The van der Waals surface area contributed by atoms with E-state index in [1.54, 1.807) is 24.2 Å². The van der Waals surface area contributed by atoms with Crippen molar-refractivity contribution >= 4 is 100.0 Å². The molecule has 2 unspecified atom stereocenters. The number of para-hydroxylation sites is 1. The summed E-state index contributed by atoms with van der Waals surface area (Å²) in [5.74, 6) is 0.702. The zero-order valence-corrected chi connectivity index (χ0v) is 44.9. The van der Waals surface area contributed by atoms with E-state index in [0.29, 0.717) is 47.9 Å². The smallest absolute Gasteiger partial charge is 0.442 e. The van der Waals surface area contributed by atoms with Crippen LogP contribution in [-0.2, 0) is 46.4 Å². The molecular weight excluding hydrogens is 1010 g/mol. The number of carboxylic acids is 1. The first kappa shape index (κ1) is 65.6. The molecule has 3 rings (SSSR count). The van der Waals surface area contributed by atoms with Gasteiger partial charge in [-0.1, -0.05) is 110 Å². The molecule has 1 heterocycles. The number of amides is 2. The Kier molecular flexibility index (Phi) is 33.2. The summed E-state index contributed by atoms with van der Waals surface area (Å²) >= 11 is 28.7. The molecule has 0 aliphatic heterocycles. The van der Waals surface area contributed by atoms with E-state index in [2.05, 4.69) is 55.9 Å². The second-order valence-electron chi connectivity index (χ2n) is 15.2. The molecule has 16 nitrogen and oxygen atoms in total. The van der Waals surface area contributed by atoms with Gasteiger partial charge in [-0.15, -0.1) is 36.3 Å². The van der Waals surface area contributed by atoms with Gasteiger partial charge in [0, 0.05) is 31.7 Å². The predicted molar refractivity (Wildman–Crippen MR) is 273 cm³/mol. The van der Waals surface area contributed by atoms with Gasteiger partial charge < -0.3 is 43.1 Å². The summed E-state index contributed by atoms with van der Waals surface area (Å²) in [6, 6.07) is 9.00. The number of carbonyl (C=O) groups excluding carboxylic acids is 2. The van der Waals surface area contributed by atoms with Crippen LogP contribution in [0.25, 0.3) is 5.69 Å². The summed E-state index contributed by atoms with van der Waals surface area (Å²) in [6.45, 7) is 19.7. The maximum Gasteiger partial charge on any atom is 0.442 e. The number of hydrogen-bond donors (Lipinski definition) is 3. The number of terminal acetylenes is 1. The Bertz CT molecular complexity index is 2160. The van der Waals surface area contributed by atoms with Crippen LogP contribution >= 0.6 is 65.6 Å². The van der Waals surface area contributed by atoms with E-state index in [9.17, 15) is 28.6 Å². The van der Waals surface area contributed by atoms with Crippen molar-refractivity contribution in [3.8, 4) is 23.8 Å². The van der Waals surface area contributed by atoms with Crippen molar-refractivity contribution in [1.29, 1.82) is 0 Å². The number of rotatable bonds is 18. The number of carbonyl (C=O) groups is 3. The van der Waals surface area contributed by atoms with E-state index in [4.69, 9.17) is 88.3 Å². The molecule has 0 fully saturated rings. The van der Waals surface area contributed by atoms with Crippen molar-refractivity contribution in [2.24, 2.45) is 0 Å². The lowest BCUT2D eigenvalue weighted by Crippen LogP contribution is -2.43. The van der Waals surface area contributed by atoms with E-state index in [1.165, 1.54) is 17.0 Å². The molecule has 0 saturated heterocycles. The third-order valence-corrected chi connectivity index (χ3v) is 9.51. The molecule has 0 bridgehead atoms. The molecule has 23 heteroatoms. The number of hydrogen-bond acceptors (Lipinski definition) is 11. The average Bonchev–Trinajstić information content (AvgIpc) is 3.62. The molecule has 2 atom stereocenters. The Labute approximate surface area is 422 Å². The van der Waals surface area contributed by atoms with Crippen molar-refractivity contribution in [2.45, 2.75) is 64.3 Å². The van der Waals surface area contributed by atoms with E-state index in [-0.39, 0.29) is 40.4 Å². The fraction of sp³-hybridized carbons (Fsp3) is 0.477. The number of anilines is 1. The monoisotopic (exact) mass is 1080 g/mol. The summed E-state index contributed by atoms with van der Waals surface area (Å²) in [5.41, 5.74) is 3.11. The van der Waals surface area contributed by atoms with E-state index in [1.807, 2.05) is 52.1 Å². The number of halogens is 5. The third kappa shape index (κ3) is 26.7. The highest BCUT2D eigenvalue weighted by atomic mass is 35.5. The van der Waals surface area contributed by atoms with Crippen LogP contribution in [0.15, 0.2) is 64.9 Å². The molecule has 2 amide bonds. The third-order valence-electron chi connectivity index (χ3n) is 7.69. The second kappa shape index (κ2) is 33.9. The maximum absolute atomic E-state index is 12.2. The normalized spacial score (nSPS) is 11.9. The zero-order chi connectivity index (χ0) is 52.2. The van der Waals surface area contributed by atoms with Gasteiger partial charge in [0.15, 0.2) is 4.84 Å². The summed E-state index contributed by atoms with van der Waals surface area (Å²) in [5, 5.41) is 14.7. The van der Waals surface area contributed by atoms with Crippen LogP contribution in [0.2, 0.25) is 10.0 Å². The van der Waals surface area contributed by atoms with Gasteiger partial charge in [-0.25, -0.2) is 4.79 Å². The minimum Gasteiger partial charge on any atom is -0.778 e. The van der Waals surface area contributed by atoms with Gasteiger partial charge in [-0.2, -0.15) is 4.68 Å². The first-order chi connectivity index (χ1) is 31.1. The lowest BCUT2D eigenvalue weighted by Gasteiger charge is -2.31. The van der Waals surface area contributed by atoms with Gasteiger partial charge in [0.2, 0.25) is 11.8 Å². The molecule has 0 radical (unpaired) electrons. The maximum atomic E-state index is 12.2. The van der Waals surface area contributed by atoms with Gasteiger partial charge in [-0.05, 0) is 48.4 Å². The summed E-state index contributed by atoms with van der Waals surface area (Å²) < 4.78 is 26.7. The van der Waals surface area contributed by atoms with Crippen molar-refractivity contribution in [3.05, 3.63) is 93.3 Å². The number of nitrogens with one attached hydrogen (secondary N) is 1. The van der Waals surface area contributed by atoms with Gasteiger partial charge in [-0.3, -0.25) is 19.7 Å². The molecule has 0 aliphatic rings. The number of carboxylic acid groups (broad SMARTS) is 1. The quantitative estimate of drug-likeness (QED) is 0.0377. The van der Waals surface area contributed by atoms with Crippen molar-refractivity contribution < 1.29 is 47.7 Å². The van der Waals surface area contributed by atoms with Gasteiger partial charge in [0.1, 0.15) is 25.8 Å². The fourth-order valence-electron chi connectivity index (χ4n) is 4.97. The number of alkyl halides is 3. The van der Waals surface area contributed by atoms with Crippen LogP contribution < -0.4 is 25.6 Å². The van der Waals surface area contributed by atoms with Crippen LogP contribution in [0.5, 0.6) is 5.75 Å². The summed E-state index contributed by atoms with van der Waals surface area (Å²) in [7, 11) is -2.07. The predicted octanol–water partition coefficient (Wildman–Crippen LogP) is 7.25. The van der Waals surface area contributed by atoms with Crippen LogP contribution in [0.4, 0.5) is 5.69 Å². The highest BCUT2D eigenvalue weighted by molar-refractivity contribution is 7.94. The molecular formula is C44H63Cl5N5O11PS. The molecule has 376 valence electrons. The van der Waals surface area contributed by atoms with E-state index < -0.39 is 42.4 Å². The Morgan fingerprint density at radius 1 is 1.13 bits per heavy atom. The molecule has 1 aromatic heterocycles. The molecule has 0 spiro atoms. The number of aromatic nitrogens is 2. The Balaban J connectivity index is 0. The first-order valence-corrected chi connectivity index (χ1v) is 26.3.